The lowest BCUT2D eigenvalue weighted by Crippen LogP contribution is -2.16. The molecule has 0 unspecified atom stereocenters. The van der Waals surface area contributed by atoms with E-state index in [-0.39, 0.29) is 12.0 Å². The van der Waals surface area contributed by atoms with Gasteiger partial charge in [0.25, 0.3) is 5.91 Å². The molecule has 0 aromatic heterocycles. The predicted octanol–water partition coefficient (Wildman–Crippen LogP) is 4.15. The van der Waals surface area contributed by atoms with Gasteiger partial charge in [0.15, 0.2) is 0 Å². The Balaban J connectivity index is 1.55. The predicted molar refractivity (Wildman–Crippen MR) is 90.3 cm³/mol. The molecule has 3 rings (SSSR count). The summed E-state index contributed by atoms with van der Waals surface area (Å²) in [5.74, 6) is 0.571. The molecule has 2 aromatic rings. The lowest BCUT2D eigenvalue weighted by atomic mass is 10.2. The van der Waals surface area contributed by atoms with E-state index in [0.29, 0.717) is 22.9 Å². The average molecular weight is 332 g/mol. The van der Waals surface area contributed by atoms with Gasteiger partial charge in [-0.2, -0.15) is 0 Å². The van der Waals surface area contributed by atoms with Crippen LogP contribution in [0.2, 0.25) is 5.02 Å². The summed E-state index contributed by atoms with van der Waals surface area (Å²) in [7, 11) is 0. The van der Waals surface area contributed by atoms with Crippen molar-refractivity contribution in [1.82, 2.24) is 0 Å². The molecule has 0 spiro atoms. The van der Waals surface area contributed by atoms with Gasteiger partial charge in [0.1, 0.15) is 12.4 Å². The van der Waals surface area contributed by atoms with Crippen LogP contribution in [0.15, 0.2) is 48.5 Å². The molecule has 1 aliphatic rings. The normalized spacial score (nSPS) is 17.0. The van der Waals surface area contributed by atoms with Crippen molar-refractivity contribution in [2.75, 3.05) is 18.5 Å². The Hall–Kier alpha value is -2.04. The molecule has 5 heteroatoms. The van der Waals surface area contributed by atoms with Crippen LogP contribution < -0.4 is 10.1 Å². The summed E-state index contributed by atoms with van der Waals surface area (Å²) in [6.45, 7) is 1.39. The van der Waals surface area contributed by atoms with E-state index in [2.05, 4.69) is 5.32 Å². The molecule has 1 N–H and O–H groups in total. The van der Waals surface area contributed by atoms with E-state index in [1.54, 1.807) is 24.3 Å². The largest absolute Gasteiger partial charge is 0.491 e. The minimum Gasteiger partial charge on any atom is -0.491 e. The van der Waals surface area contributed by atoms with Crippen molar-refractivity contribution in [1.29, 1.82) is 0 Å². The minimum atomic E-state index is -0.194. The lowest BCUT2D eigenvalue weighted by Gasteiger charge is -2.12. The molecule has 0 radical (unpaired) electrons. The molecule has 1 heterocycles. The first-order chi connectivity index (χ1) is 11.2. The molecule has 1 fully saturated rings. The number of carbonyl (C=O) groups excluding carboxylic acids is 1. The van der Waals surface area contributed by atoms with Gasteiger partial charge in [0.2, 0.25) is 0 Å². The Kier molecular flexibility index (Phi) is 5.16. The van der Waals surface area contributed by atoms with Crippen molar-refractivity contribution in [3.05, 3.63) is 59.1 Å². The lowest BCUT2D eigenvalue weighted by molar-refractivity contribution is 0.0679. The van der Waals surface area contributed by atoms with Crippen molar-refractivity contribution < 1.29 is 14.3 Å². The van der Waals surface area contributed by atoms with Gasteiger partial charge in [-0.1, -0.05) is 17.7 Å². The number of benzene rings is 2. The number of carbonyl (C=O) groups is 1. The number of amides is 1. The fourth-order valence-corrected chi connectivity index (χ4v) is 2.62. The zero-order chi connectivity index (χ0) is 16.1. The highest BCUT2D eigenvalue weighted by Crippen LogP contribution is 2.19. The van der Waals surface area contributed by atoms with E-state index in [9.17, 15) is 4.79 Å². The van der Waals surface area contributed by atoms with Gasteiger partial charge in [-0.05, 0) is 55.3 Å². The molecule has 0 saturated carbocycles. The van der Waals surface area contributed by atoms with E-state index in [1.807, 2.05) is 24.3 Å². The third-order valence-corrected chi connectivity index (χ3v) is 3.89. The summed E-state index contributed by atoms with van der Waals surface area (Å²) in [6, 6.07) is 14.1. The zero-order valence-electron chi connectivity index (χ0n) is 12.6. The maximum absolute atomic E-state index is 12.1. The second kappa shape index (κ2) is 7.49. The molecule has 4 nitrogen and oxygen atoms in total. The quantitative estimate of drug-likeness (QED) is 0.895. The standard InChI is InChI=1S/C18H18ClNO3/c19-14-4-1-3-13(11-14)18(21)20-15-6-8-16(9-7-15)23-12-17-5-2-10-22-17/h1,3-4,6-9,11,17H,2,5,10,12H2,(H,20,21)/t17-/m1/s1. The highest BCUT2D eigenvalue weighted by molar-refractivity contribution is 6.31. The fourth-order valence-electron chi connectivity index (χ4n) is 2.43. The van der Waals surface area contributed by atoms with Crippen LogP contribution in [0.3, 0.4) is 0 Å². The maximum Gasteiger partial charge on any atom is 0.255 e. The molecule has 1 aliphatic heterocycles. The van der Waals surface area contributed by atoms with Crippen LogP contribution in [0.4, 0.5) is 5.69 Å². The van der Waals surface area contributed by atoms with Crippen LogP contribution in [0.1, 0.15) is 23.2 Å². The summed E-state index contributed by atoms with van der Waals surface area (Å²) in [6.07, 6.45) is 2.34. The van der Waals surface area contributed by atoms with Crippen molar-refractivity contribution >= 4 is 23.2 Å². The van der Waals surface area contributed by atoms with Crippen LogP contribution in [-0.4, -0.2) is 25.2 Å². The van der Waals surface area contributed by atoms with Crippen molar-refractivity contribution in [2.45, 2.75) is 18.9 Å². The van der Waals surface area contributed by atoms with Gasteiger partial charge in [-0.15, -0.1) is 0 Å². The van der Waals surface area contributed by atoms with E-state index < -0.39 is 0 Å². The highest BCUT2D eigenvalue weighted by Gasteiger charge is 2.15. The van der Waals surface area contributed by atoms with E-state index in [0.717, 1.165) is 25.2 Å². The monoisotopic (exact) mass is 331 g/mol. The summed E-state index contributed by atoms with van der Waals surface area (Å²) >= 11 is 5.89. The number of hydrogen-bond donors (Lipinski definition) is 1. The van der Waals surface area contributed by atoms with E-state index in [1.165, 1.54) is 0 Å². The first-order valence-electron chi connectivity index (χ1n) is 7.62. The van der Waals surface area contributed by atoms with Crippen LogP contribution in [0.25, 0.3) is 0 Å². The number of hydrogen-bond acceptors (Lipinski definition) is 3. The third-order valence-electron chi connectivity index (χ3n) is 3.66. The van der Waals surface area contributed by atoms with Crippen molar-refractivity contribution in [3.8, 4) is 5.75 Å². The topological polar surface area (TPSA) is 47.6 Å². The number of rotatable bonds is 5. The first-order valence-corrected chi connectivity index (χ1v) is 8.00. The summed E-state index contributed by atoms with van der Waals surface area (Å²) in [4.78, 5) is 12.1. The Morgan fingerprint density at radius 2 is 2.09 bits per heavy atom. The number of nitrogens with one attached hydrogen (secondary N) is 1. The molecule has 2 aromatic carbocycles. The Morgan fingerprint density at radius 3 is 2.78 bits per heavy atom. The minimum absolute atomic E-state index is 0.192. The van der Waals surface area contributed by atoms with Crippen molar-refractivity contribution in [2.24, 2.45) is 0 Å². The molecule has 1 atom stereocenters. The van der Waals surface area contributed by atoms with Gasteiger partial charge >= 0.3 is 0 Å². The molecular weight excluding hydrogens is 314 g/mol. The van der Waals surface area contributed by atoms with Gasteiger partial charge < -0.3 is 14.8 Å². The summed E-state index contributed by atoms with van der Waals surface area (Å²) < 4.78 is 11.2. The van der Waals surface area contributed by atoms with Crippen LogP contribution >= 0.6 is 11.6 Å². The third kappa shape index (κ3) is 4.47. The molecule has 0 bridgehead atoms. The molecule has 120 valence electrons. The second-order valence-electron chi connectivity index (χ2n) is 5.43. The van der Waals surface area contributed by atoms with Crippen molar-refractivity contribution in [3.63, 3.8) is 0 Å². The summed E-state index contributed by atoms with van der Waals surface area (Å²) in [5, 5.41) is 3.37. The Bertz CT molecular complexity index is 666. The van der Waals surface area contributed by atoms with Gasteiger partial charge in [-0.3, -0.25) is 4.79 Å². The molecular formula is C18H18ClNO3. The Morgan fingerprint density at radius 1 is 1.26 bits per heavy atom. The smallest absolute Gasteiger partial charge is 0.255 e. The first kappa shape index (κ1) is 15.8. The number of anilines is 1. The number of ether oxygens (including phenoxy) is 2. The number of halogens is 1. The van der Waals surface area contributed by atoms with E-state index >= 15 is 0 Å². The highest BCUT2D eigenvalue weighted by atomic mass is 35.5. The molecule has 0 aliphatic carbocycles. The SMILES string of the molecule is O=C(Nc1ccc(OC[C@H]2CCCO2)cc1)c1cccc(Cl)c1. The maximum atomic E-state index is 12.1. The second-order valence-corrected chi connectivity index (χ2v) is 5.87. The van der Waals surface area contributed by atoms with Crippen LogP contribution in [0, 0.1) is 0 Å². The Labute approximate surface area is 140 Å². The van der Waals surface area contributed by atoms with E-state index in [4.69, 9.17) is 21.1 Å². The van der Waals surface area contributed by atoms with Crippen LogP contribution in [-0.2, 0) is 4.74 Å². The molecule has 1 amide bonds. The van der Waals surface area contributed by atoms with Gasteiger partial charge in [0.05, 0.1) is 6.10 Å². The average Bonchev–Trinajstić information content (AvgIpc) is 3.08. The van der Waals surface area contributed by atoms with Crippen LogP contribution in [0.5, 0.6) is 5.75 Å². The van der Waals surface area contributed by atoms with Gasteiger partial charge in [0, 0.05) is 22.9 Å². The molecule has 23 heavy (non-hydrogen) atoms. The zero-order valence-corrected chi connectivity index (χ0v) is 13.4. The molecule has 1 saturated heterocycles. The van der Waals surface area contributed by atoms with Gasteiger partial charge in [-0.25, -0.2) is 0 Å². The fraction of sp³-hybridized carbons (Fsp3) is 0.278. The summed E-state index contributed by atoms with van der Waals surface area (Å²) in [5.41, 5.74) is 1.23.